The second-order valence-electron chi connectivity index (χ2n) is 12.6. The van der Waals surface area contributed by atoms with Crippen LogP contribution in [0.4, 0.5) is 0 Å². The fourth-order valence-electron chi connectivity index (χ4n) is 10.5. The average Bonchev–Trinajstić information content (AvgIpc) is 3.24. The minimum Gasteiger partial charge on any atom is -0.393 e. The van der Waals surface area contributed by atoms with Crippen molar-refractivity contribution >= 4 is 0 Å². The summed E-state index contributed by atoms with van der Waals surface area (Å²) in [6.45, 7) is 11.5. The first-order valence-electron chi connectivity index (χ1n) is 13.1. The largest absolute Gasteiger partial charge is 0.393 e. The summed E-state index contributed by atoms with van der Waals surface area (Å²) in [5, 5.41) is 11.0. The molecule has 11 atom stereocenters. The summed E-state index contributed by atoms with van der Waals surface area (Å²) < 4.78 is 6.26. The highest BCUT2D eigenvalue weighted by atomic mass is 16.5. The standard InChI is InChI=1S/C28H46O2/c1-6-7-8-9-24(29)18(2)21-10-11-22-20-16-25(30-5)28-17-19(28)12-15-27(28,4)23(20)13-14-26(21,22)3/h6,18-25,29H,1,7-17H2,2-5H3/t18-,19-,20-,21+,22-,23-,24-,25+,26+,27+,28-/m0/s1. The second kappa shape index (κ2) is 7.34. The molecule has 5 aliphatic carbocycles. The Morgan fingerprint density at radius 2 is 1.93 bits per heavy atom. The molecule has 0 saturated heterocycles. The lowest BCUT2D eigenvalue weighted by atomic mass is 9.45. The van der Waals surface area contributed by atoms with Gasteiger partial charge in [0.15, 0.2) is 0 Å². The molecule has 0 radical (unpaired) electrons. The normalized spacial score (nSPS) is 53.2. The van der Waals surface area contributed by atoms with Crippen molar-refractivity contribution in [2.45, 2.75) is 104 Å². The van der Waals surface area contributed by atoms with E-state index in [1.165, 1.54) is 51.4 Å². The third kappa shape index (κ3) is 2.68. The van der Waals surface area contributed by atoms with Crippen molar-refractivity contribution in [1.82, 2.24) is 0 Å². The number of allylic oxidation sites excluding steroid dienone is 1. The van der Waals surface area contributed by atoms with Crippen LogP contribution in [0.25, 0.3) is 0 Å². The lowest BCUT2D eigenvalue weighted by molar-refractivity contribution is -0.162. The van der Waals surface area contributed by atoms with Crippen LogP contribution in [0.2, 0.25) is 0 Å². The van der Waals surface area contributed by atoms with Gasteiger partial charge in [-0.25, -0.2) is 0 Å². The van der Waals surface area contributed by atoms with E-state index < -0.39 is 0 Å². The molecule has 0 amide bonds. The van der Waals surface area contributed by atoms with Gasteiger partial charge in [-0.1, -0.05) is 26.8 Å². The Morgan fingerprint density at radius 1 is 1.13 bits per heavy atom. The molecule has 5 rings (SSSR count). The Morgan fingerprint density at radius 3 is 2.63 bits per heavy atom. The third-order valence-corrected chi connectivity index (χ3v) is 12.1. The smallest absolute Gasteiger partial charge is 0.0638 e. The van der Waals surface area contributed by atoms with Gasteiger partial charge in [0, 0.05) is 12.5 Å². The highest BCUT2D eigenvalue weighted by molar-refractivity contribution is 5.26. The van der Waals surface area contributed by atoms with Crippen LogP contribution in [0.1, 0.15) is 91.4 Å². The van der Waals surface area contributed by atoms with Crippen molar-refractivity contribution in [1.29, 1.82) is 0 Å². The van der Waals surface area contributed by atoms with E-state index in [4.69, 9.17) is 4.74 Å². The van der Waals surface area contributed by atoms with Crippen LogP contribution in [0, 0.1) is 51.8 Å². The van der Waals surface area contributed by atoms with E-state index in [-0.39, 0.29) is 6.10 Å². The number of aliphatic hydroxyl groups is 1. The Kier molecular flexibility index (Phi) is 5.26. The minimum atomic E-state index is -0.149. The fourth-order valence-corrected chi connectivity index (χ4v) is 10.5. The number of hydrogen-bond acceptors (Lipinski definition) is 2. The molecule has 5 aliphatic rings. The summed E-state index contributed by atoms with van der Waals surface area (Å²) in [7, 11) is 2.00. The van der Waals surface area contributed by atoms with Crippen molar-refractivity contribution in [2.24, 2.45) is 51.8 Å². The Hall–Kier alpha value is -0.340. The topological polar surface area (TPSA) is 29.5 Å². The maximum Gasteiger partial charge on any atom is 0.0638 e. The van der Waals surface area contributed by atoms with Gasteiger partial charge in [-0.3, -0.25) is 0 Å². The van der Waals surface area contributed by atoms with Gasteiger partial charge < -0.3 is 9.84 Å². The van der Waals surface area contributed by atoms with E-state index in [0.717, 1.165) is 42.9 Å². The monoisotopic (exact) mass is 414 g/mol. The van der Waals surface area contributed by atoms with Crippen molar-refractivity contribution in [3.63, 3.8) is 0 Å². The SMILES string of the molecule is C=CCCC[C@H](O)[C@@H](C)[C@H]1CC[C@H]2[C@@H]3C[C@@H](OC)[C@]45C[C@@H]4CC[C@]5(C)[C@H]3CC[C@]12C. The molecule has 1 N–H and O–H groups in total. The van der Waals surface area contributed by atoms with Gasteiger partial charge in [-0.05, 0) is 117 Å². The van der Waals surface area contributed by atoms with E-state index in [1.807, 2.05) is 13.2 Å². The van der Waals surface area contributed by atoms with Crippen LogP contribution in [0.5, 0.6) is 0 Å². The summed E-state index contributed by atoms with van der Waals surface area (Å²) in [6.07, 6.45) is 16.6. The number of unbranched alkanes of at least 4 members (excludes halogenated alkanes) is 1. The van der Waals surface area contributed by atoms with E-state index in [2.05, 4.69) is 27.4 Å². The molecule has 0 aromatic rings. The summed E-state index contributed by atoms with van der Waals surface area (Å²) in [4.78, 5) is 0. The number of hydrogen-bond donors (Lipinski definition) is 1. The first kappa shape index (κ1) is 21.5. The molecule has 5 saturated carbocycles. The van der Waals surface area contributed by atoms with Gasteiger partial charge in [0.2, 0.25) is 0 Å². The first-order chi connectivity index (χ1) is 14.3. The van der Waals surface area contributed by atoms with Crippen LogP contribution >= 0.6 is 0 Å². The lowest BCUT2D eigenvalue weighted by Gasteiger charge is -2.61. The van der Waals surface area contributed by atoms with Gasteiger partial charge in [0.05, 0.1) is 12.2 Å². The molecule has 1 spiro atoms. The molecule has 30 heavy (non-hydrogen) atoms. The molecule has 0 heterocycles. The van der Waals surface area contributed by atoms with E-state index in [9.17, 15) is 5.11 Å². The number of ether oxygens (including phenoxy) is 1. The van der Waals surface area contributed by atoms with Crippen LogP contribution < -0.4 is 0 Å². The van der Waals surface area contributed by atoms with Crippen molar-refractivity contribution < 1.29 is 9.84 Å². The zero-order valence-electron chi connectivity index (χ0n) is 20.0. The zero-order valence-corrected chi connectivity index (χ0v) is 20.0. The summed E-state index contributed by atoms with van der Waals surface area (Å²) in [5.41, 5.74) is 1.47. The Labute approximate surface area is 185 Å². The predicted octanol–water partition coefficient (Wildman–Crippen LogP) is 6.62. The maximum absolute atomic E-state index is 11.0. The maximum atomic E-state index is 11.0. The van der Waals surface area contributed by atoms with Gasteiger partial charge in [0.25, 0.3) is 0 Å². The summed E-state index contributed by atoms with van der Waals surface area (Å²) >= 11 is 0. The molecule has 0 bridgehead atoms. The second-order valence-corrected chi connectivity index (χ2v) is 12.6. The molecule has 5 fully saturated rings. The molecule has 170 valence electrons. The number of fused-ring (bicyclic) bond motifs is 4. The predicted molar refractivity (Wildman–Crippen MR) is 123 cm³/mol. The highest BCUT2D eigenvalue weighted by Gasteiger charge is 2.77. The summed E-state index contributed by atoms with van der Waals surface area (Å²) in [6, 6.07) is 0. The Bertz CT molecular complexity index is 674. The van der Waals surface area contributed by atoms with E-state index in [0.29, 0.717) is 34.2 Å². The minimum absolute atomic E-state index is 0.149. The number of rotatable bonds is 7. The van der Waals surface area contributed by atoms with Gasteiger partial charge >= 0.3 is 0 Å². The molecule has 2 heteroatoms. The van der Waals surface area contributed by atoms with E-state index in [1.54, 1.807) is 0 Å². The quantitative estimate of drug-likeness (QED) is 0.374. The molecular weight excluding hydrogens is 368 g/mol. The third-order valence-electron chi connectivity index (χ3n) is 12.1. The molecule has 0 aromatic heterocycles. The van der Waals surface area contributed by atoms with Gasteiger partial charge in [-0.15, -0.1) is 6.58 Å². The van der Waals surface area contributed by atoms with Crippen molar-refractivity contribution in [2.75, 3.05) is 7.11 Å². The van der Waals surface area contributed by atoms with Crippen molar-refractivity contribution in [3.05, 3.63) is 12.7 Å². The molecular formula is C28H46O2. The van der Waals surface area contributed by atoms with Crippen LogP contribution in [0.15, 0.2) is 12.7 Å². The molecule has 0 unspecified atom stereocenters. The first-order valence-corrected chi connectivity index (χ1v) is 13.1. The molecule has 2 nitrogen and oxygen atoms in total. The van der Waals surface area contributed by atoms with E-state index >= 15 is 0 Å². The number of aliphatic hydroxyl groups excluding tert-OH is 1. The van der Waals surface area contributed by atoms with Gasteiger partial charge in [0.1, 0.15) is 0 Å². The van der Waals surface area contributed by atoms with Crippen LogP contribution in [0.3, 0.4) is 0 Å². The highest BCUT2D eigenvalue weighted by Crippen LogP contribution is 2.82. The summed E-state index contributed by atoms with van der Waals surface area (Å²) in [5.74, 6) is 4.67. The number of methoxy groups -OCH3 is 1. The van der Waals surface area contributed by atoms with Gasteiger partial charge in [-0.2, -0.15) is 0 Å². The molecule has 0 aromatic carbocycles. The lowest BCUT2D eigenvalue weighted by Crippen LogP contribution is -2.57. The van der Waals surface area contributed by atoms with Crippen LogP contribution in [-0.2, 0) is 4.74 Å². The molecule has 0 aliphatic heterocycles. The zero-order chi connectivity index (χ0) is 21.3. The Balaban J connectivity index is 1.36. The average molecular weight is 415 g/mol. The van der Waals surface area contributed by atoms with Crippen LogP contribution in [-0.4, -0.2) is 24.4 Å². The fraction of sp³-hybridized carbons (Fsp3) is 0.929. The van der Waals surface area contributed by atoms with Crippen molar-refractivity contribution in [3.8, 4) is 0 Å².